The second-order valence-corrected chi connectivity index (χ2v) is 2.48. The molecule has 1 radical (unpaired) electrons. The molecule has 1 rings (SSSR count). The highest BCUT2D eigenvalue weighted by Gasteiger charge is 2.29. The third-order valence-electron chi connectivity index (χ3n) is 1.40. The molecule has 0 spiro atoms. The molecule has 14 heavy (non-hydrogen) atoms. The molecule has 6 heteroatoms. The number of anilines is 1. The van der Waals surface area contributed by atoms with E-state index in [2.05, 4.69) is 11.4 Å². The number of hydrogen-bond acceptors (Lipinski definition) is 1. The highest BCUT2D eigenvalue weighted by molar-refractivity contribution is 5.87. The molecule has 0 heterocycles. The molecule has 0 aliphatic carbocycles. The van der Waals surface area contributed by atoms with E-state index >= 15 is 0 Å². The van der Waals surface area contributed by atoms with Gasteiger partial charge in [0.05, 0.1) is 11.3 Å². The van der Waals surface area contributed by atoms with Gasteiger partial charge in [0.25, 0.3) is 0 Å². The molecule has 75 valence electrons. The smallest absolute Gasteiger partial charge is 0.351 e. The van der Waals surface area contributed by atoms with Crippen LogP contribution < -0.4 is 11.1 Å². The molecule has 0 atom stereocenters. The summed E-state index contributed by atoms with van der Waals surface area (Å²) in [7, 11) is 0. The second kappa shape index (κ2) is 3.57. The summed E-state index contributed by atoms with van der Waals surface area (Å²) in [6, 6.07) is 4.05. The second-order valence-electron chi connectivity index (χ2n) is 2.48. The van der Waals surface area contributed by atoms with Crippen LogP contribution in [0.25, 0.3) is 0 Å². The molecule has 3 N–H and O–H groups in total. The minimum atomic E-state index is -4.40. The third-order valence-corrected chi connectivity index (χ3v) is 1.40. The van der Waals surface area contributed by atoms with E-state index in [1.165, 1.54) is 0 Å². The van der Waals surface area contributed by atoms with Gasteiger partial charge in [-0.1, -0.05) is 0 Å². The lowest BCUT2D eigenvalue weighted by Gasteiger charge is -2.06. The lowest BCUT2D eigenvalue weighted by atomic mass is 10.2. The number of nitrogens with one attached hydrogen (secondary N) is 1. The fourth-order valence-electron chi connectivity index (χ4n) is 0.812. The van der Waals surface area contributed by atoms with Crippen LogP contribution in [0, 0.1) is 6.07 Å². The van der Waals surface area contributed by atoms with E-state index in [0.29, 0.717) is 0 Å². The first-order valence-corrected chi connectivity index (χ1v) is 3.55. The summed E-state index contributed by atoms with van der Waals surface area (Å²) >= 11 is 0. The van der Waals surface area contributed by atoms with Crippen LogP contribution in [0.15, 0.2) is 18.2 Å². The first-order valence-electron chi connectivity index (χ1n) is 3.55. The third kappa shape index (κ3) is 2.65. The van der Waals surface area contributed by atoms with Crippen molar-refractivity contribution in [2.75, 3.05) is 5.32 Å². The highest BCUT2D eigenvalue weighted by Crippen LogP contribution is 2.29. The van der Waals surface area contributed by atoms with Crippen LogP contribution in [0.3, 0.4) is 0 Å². The number of urea groups is 1. The lowest BCUT2D eigenvalue weighted by Crippen LogP contribution is -2.19. The Hall–Kier alpha value is -1.72. The van der Waals surface area contributed by atoms with Gasteiger partial charge < -0.3 is 11.1 Å². The van der Waals surface area contributed by atoms with Crippen LogP contribution >= 0.6 is 0 Å². The van der Waals surface area contributed by atoms with Crippen LogP contribution in [0.1, 0.15) is 5.56 Å². The van der Waals surface area contributed by atoms with Crippen LogP contribution in [0.5, 0.6) is 0 Å². The molecule has 2 amide bonds. The number of halogens is 3. The van der Waals surface area contributed by atoms with Crippen LogP contribution in [0.4, 0.5) is 23.7 Å². The zero-order chi connectivity index (χ0) is 10.8. The maximum atomic E-state index is 12.1. The van der Waals surface area contributed by atoms with Gasteiger partial charge in [-0.2, -0.15) is 13.2 Å². The zero-order valence-corrected chi connectivity index (χ0v) is 6.85. The van der Waals surface area contributed by atoms with Crippen molar-refractivity contribution < 1.29 is 18.0 Å². The quantitative estimate of drug-likeness (QED) is 0.720. The molecule has 0 saturated heterocycles. The standard InChI is InChI=1S/C8H6F3N2O/c9-8(10,11)5-1-3-6(4-2-5)13-7(12)14/h1-3H,(H3,12,13,14). The Labute approximate surface area is 77.7 Å². The van der Waals surface area contributed by atoms with Gasteiger partial charge in [0, 0.05) is 6.07 Å². The van der Waals surface area contributed by atoms with Crippen molar-refractivity contribution in [3.05, 3.63) is 29.8 Å². The minimum Gasteiger partial charge on any atom is -0.351 e. The summed E-state index contributed by atoms with van der Waals surface area (Å²) in [5.41, 5.74) is 4.03. The Balaban J connectivity index is 2.84. The van der Waals surface area contributed by atoms with E-state index in [1.54, 1.807) is 0 Å². The van der Waals surface area contributed by atoms with Crippen molar-refractivity contribution in [1.82, 2.24) is 0 Å². The Bertz CT molecular complexity index is 331. The van der Waals surface area contributed by atoms with E-state index in [-0.39, 0.29) is 5.69 Å². The number of benzene rings is 1. The fourth-order valence-corrected chi connectivity index (χ4v) is 0.812. The summed E-state index contributed by atoms with van der Waals surface area (Å²) < 4.78 is 36.2. The van der Waals surface area contributed by atoms with Crippen LogP contribution in [0.2, 0.25) is 0 Å². The number of carbonyl (C=O) groups is 1. The van der Waals surface area contributed by atoms with Gasteiger partial charge >= 0.3 is 12.2 Å². The van der Waals surface area contributed by atoms with Gasteiger partial charge in [0.1, 0.15) is 0 Å². The summed E-state index contributed by atoms with van der Waals surface area (Å²) in [5.74, 6) is 0. The van der Waals surface area contributed by atoms with Crippen molar-refractivity contribution in [3.63, 3.8) is 0 Å². The molecule has 0 aliphatic heterocycles. The molecule has 1 aromatic carbocycles. The number of nitrogens with two attached hydrogens (primary N) is 1. The Morgan fingerprint density at radius 2 is 2.07 bits per heavy atom. The molecular weight excluding hydrogens is 197 g/mol. The monoisotopic (exact) mass is 203 g/mol. The number of alkyl halides is 3. The molecular formula is C8H6F3N2O. The van der Waals surface area contributed by atoms with Crippen molar-refractivity contribution in [3.8, 4) is 0 Å². The van der Waals surface area contributed by atoms with E-state index in [0.717, 1.165) is 18.2 Å². The molecule has 0 unspecified atom stereocenters. The first-order chi connectivity index (χ1) is 6.39. The summed E-state index contributed by atoms with van der Waals surface area (Å²) in [6.45, 7) is 0. The topological polar surface area (TPSA) is 55.1 Å². The maximum absolute atomic E-state index is 12.1. The number of amides is 2. The van der Waals surface area contributed by atoms with Crippen molar-refractivity contribution >= 4 is 11.7 Å². The summed E-state index contributed by atoms with van der Waals surface area (Å²) in [6.07, 6.45) is -4.40. The number of rotatable bonds is 1. The number of primary amides is 1. The number of hydrogen-bond donors (Lipinski definition) is 2. The first kappa shape index (κ1) is 10.4. The molecule has 1 aromatic rings. The van der Waals surface area contributed by atoms with E-state index in [1.807, 2.05) is 0 Å². The predicted octanol–water partition coefficient (Wildman–Crippen LogP) is 2.00. The van der Waals surface area contributed by atoms with Gasteiger partial charge in [0.15, 0.2) is 0 Å². The van der Waals surface area contributed by atoms with Gasteiger partial charge in [-0.05, 0) is 18.2 Å². The highest BCUT2D eigenvalue weighted by atomic mass is 19.4. The number of carbonyl (C=O) groups excluding carboxylic acids is 1. The lowest BCUT2D eigenvalue weighted by molar-refractivity contribution is -0.137. The molecule has 0 saturated carbocycles. The molecule has 0 aliphatic rings. The van der Waals surface area contributed by atoms with Crippen molar-refractivity contribution in [2.45, 2.75) is 6.18 Å². The average molecular weight is 203 g/mol. The van der Waals surface area contributed by atoms with Gasteiger partial charge in [-0.25, -0.2) is 4.79 Å². The SMILES string of the molecule is NC(=O)Nc1[c]cc(C(F)(F)F)cc1. The van der Waals surface area contributed by atoms with E-state index in [9.17, 15) is 18.0 Å². The average Bonchev–Trinajstić information content (AvgIpc) is 2.02. The Kier molecular flexibility index (Phi) is 2.64. The maximum Gasteiger partial charge on any atom is 0.416 e. The minimum absolute atomic E-state index is 0.102. The van der Waals surface area contributed by atoms with Gasteiger partial charge in [-0.3, -0.25) is 0 Å². The van der Waals surface area contributed by atoms with Gasteiger partial charge in [-0.15, -0.1) is 0 Å². The molecule has 3 nitrogen and oxygen atoms in total. The normalized spacial score (nSPS) is 11.1. The van der Waals surface area contributed by atoms with Gasteiger partial charge in [0.2, 0.25) is 0 Å². The van der Waals surface area contributed by atoms with Crippen LogP contribution in [-0.2, 0) is 6.18 Å². The Morgan fingerprint density at radius 3 is 2.43 bits per heavy atom. The van der Waals surface area contributed by atoms with Crippen molar-refractivity contribution in [2.24, 2.45) is 5.73 Å². The largest absolute Gasteiger partial charge is 0.416 e. The summed E-state index contributed by atoms with van der Waals surface area (Å²) in [5, 5.41) is 2.10. The molecule has 0 aromatic heterocycles. The van der Waals surface area contributed by atoms with Crippen LogP contribution in [-0.4, -0.2) is 6.03 Å². The molecule has 0 bridgehead atoms. The molecule has 0 fully saturated rings. The van der Waals surface area contributed by atoms with Crippen molar-refractivity contribution in [1.29, 1.82) is 0 Å². The van der Waals surface area contributed by atoms with E-state index in [4.69, 9.17) is 5.73 Å². The summed E-state index contributed by atoms with van der Waals surface area (Å²) in [4.78, 5) is 10.3. The predicted molar refractivity (Wildman–Crippen MR) is 43.5 cm³/mol. The van der Waals surface area contributed by atoms with E-state index < -0.39 is 17.8 Å². The zero-order valence-electron chi connectivity index (χ0n) is 6.85. The fraction of sp³-hybridized carbons (Fsp3) is 0.125. The Morgan fingerprint density at radius 1 is 1.43 bits per heavy atom.